The van der Waals surface area contributed by atoms with E-state index in [4.69, 9.17) is 4.74 Å². The Morgan fingerprint density at radius 2 is 2.04 bits per heavy atom. The summed E-state index contributed by atoms with van der Waals surface area (Å²) in [5.74, 6) is 1.79. The number of amides is 1. The van der Waals surface area contributed by atoms with Crippen molar-refractivity contribution in [3.8, 4) is 5.75 Å². The first-order chi connectivity index (χ1) is 11.8. The van der Waals surface area contributed by atoms with Gasteiger partial charge in [0.2, 0.25) is 0 Å². The van der Waals surface area contributed by atoms with Gasteiger partial charge in [0.1, 0.15) is 11.6 Å². The Morgan fingerprint density at radius 3 is 2.79 bits per heavy atom. The van der Waals surface area contributed by atoms with Crippen LogP contribution in [0.15, 0.2) is 42.6 Å². The fourth-order valence-electron chi connectivity index (χ4n) is 2.99. The average Bonchev–Trinajstić information content (AvgIpc) is 2.97. The summed E-state index contributed by atoms with van der Waals surface area (Å²) in [5, 5.41) is 11.4. The highest BCUT2D eigenvalue weighted by atomic mass is 16.5. The molecule has 1 aromatic carbocycles. The third kappa shape index (κ3) is 2.40. The van der Waals surface area contributed by atoms with Crippen molar-refractivity contribution < 1.29 is 9.53 Å². The second-order valence-electron chi connectivity index (χ2n) is 5.96. The van der Waals surface area contributed by atoms with Crippen molar-refractivity contribution >= 4 is 17.2 Å². The number of hydrogen-bond acceptors (Lipinski definition) is 4. The predicted molar refractivity (Wildman–Crippen MR) is 90.5 cm³/mol. The van der Waals surface area contributed by atoms with Gasteiger partial charge in [-0.2, -0.15) is 0 Å². The van der Waals surface area contributed by atoms with Crippen molar-refractivity contribution in [2.45, 2.75) is 25.2 Å². The number of aromatic nitrogens is 3. The molecule has 0 unspecified atom stereocenters. The van der Waals surface area contributed by atoms with Crippen LogP contribution >= 0.6 is 0 Å². The Morgan fingerprint density at radius 1 is 1.21 bits per heavy atom. The number of pyridine rings is 1. The molecule has 6 nitrogen and oxygen atoms in total. The topological polar surface area (TPSA) is 68.5 Å². The molecule has 1 fully saturated rings. The van der Waals surface area contributed by atoms with Gasteiger partial charge in [-0.05, 0) is 37.1 Å². The number of para-hydroxylation sites is 2. The van der Waals surface area contributed by atoms with Crippen molar-refractivity contribution in [1.82, 2.24) is 14.6 Å². The van der Waals surface area contributed by atoms with Gasteiger partial charge in [0.05, 0.1) is 18.4 Å². The number of nitrogens with zero attached hydrogens (tertiary/aromatic N) is 3. The van der Waals surface area contributed by atoms with Crippen LogP contribution < -0.4 is 10.1 Å². The van der Waals surface area contributed by atoms with E-state index in [9.17, 15) is 4.79 Å². The molecule has 1 saturated carbocycles. The fraction of sp³-hybridized carbons (Fsp3) is 0.278. The molecule has 0 atom stereocenters. The van der Waals surface area contributed by atoms with Crippen LogP contribution in [0, 0.1) is 0 Å². The normalized spacial score (nSPS) is 14.4. The predicted octanol–water partition coefficient (Wildman–Crippen LogP) is 3.26. The standard InChI is InChI=1S/C18H18N4O2/c1-24-15-10-3-2-9-14(15)19-18(23)13-8-5-11-22-16(12-6-4-7-12)20-21-17(13)22/h2-3,5,8-12H,4,6-7H2,1H3,(H,19,23). The summed E-state index contributed by atoms with van der Waals surface area (Å²) in [5.41, 5.74) is 1.72. The first-order valence-corrected chi connectivity index (χ1v) is 8.06. The summed E-state index contributed by atoms with van der Waals surface area (Å²) in [6.45, 7) is 0. The van der Waals surface area contributed by atoms with Crippen LogP contribution in [-0.4, -0.2) is 27.6 Å². The van der Waals surface area contributed by atoms with Gasteiger partial charge in [-0.3, -0.25) is 9.20 Å². The number of carbonyl (C=O) groups excluding carboxylic acids is 1. The van der Waals surface area contributed by atoms with Crippen LogP contribution in [0.1, 0.15) is 41.4 Å². The van der Waals surface area contributed by atoms with Gasteiger partial charge in [0.15, 0.2) is 5.65 Å². The minimum Gasteiger partial charge on any atom is -0.495 e. The van der Waals surface area contributed by atoms with E-state index in [-0.39, 0.29) is 5.91 Å². The second-order valence-corrected chi connectivity index (χ2v) is 5.96. The van der Waals surface area contributed by atoms with E-state index in [1.54, 1.807) is 19.2 Å². The van der Waals surface area contributed by atoms with Gasteiger partial charge >= 0.3 is 0 Å². The molecule has 0 aliphatic heterocycles. The van der Waals surface area contributed by atoms with E-state index in [0.29, 0.717) is 28.6 Å². The number of methoxy groups -OCH3 is 1. The monoisotopic (exact) mass is 322 g/mol. The molecule has 1 amide bonds. The van der Waals surface area contributed by atoms with E-state index in [1.807, 2.05) is 34.9 Å². The lowest BCUT2D eigenvalue weighted by atomic mass is 9.85. The van der Waals surface area contributed by atoms with Crippen molar-refractivity contribution in [2.75, 3.05) is 12.4 Å². The molecule has 0 radical (unpaired) electrons. The SMILES string of the molecule is COc1ccccc1NC(=O)c1cccn2c(C3CCC3)nnc12. The molecule has 6 heteroatoms. The molecule has 3 aromatic rings. The smallest absolute Gasteiger partial charge is 0.259 e. The highest BCUT2D eigenvalue weighted by molar-refractivity contribution is 6.08. The minimum absolute atomic E-state index is 0.224. The van der Waals surface area contributed by atoms with Gasteiger partial charge in [-0.15, -0.1) is 10.2 Å². The quantitative estimate of drug-likeness (QED) is 0.800. The van der Waals surface area contributed by atoms with Crippen molar-refractivity contribution in [2.24, 2.45) is 0 Å². The summed E-state index contributed by atoms with van der Waals surface area (Å²) in [6.07, 6.45) is 5.42. The molecule has 4 rings (SSSR count). The number of anilines is 1. The zero-order valence-corrected chi connectivity index (χ0v) is 13.4. The number of benzene rings is 1. The number of hydrogen-bond donors (Lipinski definition) is 1. The molecular formula is C18H18N4O2. The molecule has 1 N–H and O–H groups in total. The number of nitrogens with one attached hydrogen (secondary N) is 1. The minimum atomic E-state index is -0.224. The largest absolute Gasteiger partial charge is 0.495 e. The van der Waals surface area contributed by atoms with Crippen molar-refractivity contribution in [1.29, 1.82) is 0 Å². The summed E-state index contributed by atoms with van der Waals surface area (Å²) in [7, 11) is 1.58. The average molecular weight is 322 g/mol. The Bertz CT molecular complexity index is 899. The highest BCUT2D eigenvalue weighted by Gasteiger charge is 2.25. The van der Waals surface area contributed by atoms with E-state index in [1.165, 1.54) is 6.42 Å². The van der Waals surface area contributed by atoms with E-state index < -0.39 is 0 Å². The maximum Gasteiger partial charge on any atom is 0.259 e. The Hall–Kier alpha value is -2.89. The van der Waals surface area contributed by atoms with Crippen LogP contribution in [0.3, 0.4) is 0 Å². The molecule has 24 heavy (non-hydrogen) atoms. The zero-order valence-electron chi connectivity index (χ0n) is 13.4. The third-order valence-corrected chi connectivity index (χ3v) is 4.53. The molecular weight excluding hydrogens is 304 g/mol. The lowest BCUT2D eigenvalue weighted by Gasteiger charge is -2.23. The third-order valence-electron chi connectivity index (χ3n) is 4.53. The van der Waals surface area contributed by atoms with Gasteiger partial charge in [0.25, 0.3) is 5.91 Å². The van der Waals surface area contributed by atoms with Gasteiger partial charge in [-0.25, -0.2) is 0 Å². The fourth-order valence-corrected chi connectivity index (χ4v) is 2.99. The van der Waals surface area contributed by atoms with E-state index in [0.717, 1.165) is 18.7 Å². The maximum absolute atomic E-state index is 12.7. The van der Waals surface area contributed by atoms with Crippen LogP contribution in [0.25, 0.3) is 5.65 Å². The molecule has 2 aromatic heterocycles. The maximum atomic E-state index is 12.7. The lowest BCUT2D eigenvalue weighted by Crippen LogP contribution is -2.15. The van der Waals surface area contributed by atoms with Gasteiger partial charge in [0, 0.05) is 12.1 Å². The van der Waals surface area contributed by atoms with Crippen LogP contribution in [0.5, 0.6) is 5.75 Å². The lowest BCUT2D eigenvalue weighted by molar-refractivity contribution is 0.102. The number of ether oxygens (including phenoxy) is 1. The van der Waals surface area contributed by atoms with Crippen LogP contribution in [0.4, 0.5) is 5.69 Å². The number of rotatable bonds is 4. The second kappa shape index (κ2) is 5.96. The summed E-state index contributed by atoms with van der Waals surface area (Å²) >= 11 is 0. The first-order valence-electron chi connectivity index (χ1n) is 8.06. The van der Waals surface area contributed by atoms with Crippen molar-refractivity contribution in [3.05, 3.63) is 54.0 Å². The van der Waals surface area contributed by atoms with Crippen molar-refractivity contribution in [3.63, 3.8) is 0 Å². The van der Waals surface area contributed by atoms with E-state index in [2.05, 4.69) is 15.5 Å². The number of fused-ring (bicyclic) bond motifs is 1. The summed E-state index contributed by atoms with van der Waals surface area (Å²) in [4.78, 5) is 12.7. The van der Waals surface area contributed by atoms with E-state index >= 15 is 0 Å². The number of carbonyl (C=O) groups is 1. The zero-order chi connectivity index (χ0) is 16.5. The van der Waals surface area contributed by atoms with Crippen LogP contribution in [-0.2, 0) is 0 Å². The Kier molecular flexibility index (Phi) is 3.65. The molecule has 0 saturated heterocycles. The Balaban J connectivity index is 1.68. The molecule has 1 aliphatic rings. The summed E-state index contributed by atoms with van der Waals surface area (Å²) < 4.78 is 7.21. The highest BCUT2D eigenvalue weighted by Crippen LogP contribution is 2.35. The Labute approximate surface area is 139 Å². The van der Waals surface area contributed by atoms with Gasteiger partial charge in [-0.1, -0.05) is 18.6 Å². The molecule has 122 valence electrons. The van der Waals surface area contributed by atoms with Gasteiger partial charge < -0.3 is 10.1 Å². The summed E-state index contributed by atoms with van der Waals surface area (Å²) in [6, 6.07) is 10.9. The molecule has 2 heterocycles. The molecule has 0 bridgehead atoms. The molecule has 0 spiro atoms. The molecule has 1 aliphatic carbocycles. The first kappa shape index (κ1) is 14.7. The van der Waals surface area contributed by atoms with Crippen LogP contribution in [0.2, 0.25) is 0 Å².